The van der Waals surface area contributed by atoms with Gasteiger partial charge in [-0.2, -0.15) is 0 Å². The van der Waals surface area contributed by atoms with Gasteiger partial charge in [0.05, 0.1) is 5.56 Å². The Hall–Kier alpha value is -2.01. The third-order valence-electron chi connectivity index (χ3n) is 2.37. The van der Waals surface area contributed by atoms with Crippen molar-refractivity contribution in [2.24, 2.45) is 5.73 Å². The maximum absolute atomic E-state index is 13.7. The number of aromatic nitrogens is 1. The number of primary amides is 1. The molecule has 0 aliphatic heterocycles. The minimum atomic E-state index is -0.827. The van der Waals surface area contributed by atoms with Crippen LogP contribution in [0.1, 0.15) is 10.4 Å². The van der Waals surface area contributed by atoms with E-state index in [0.29, 0.717) is 6.07 Å². The quantitative estimate of drug-likeness (QED) is 0.852. The van der Waals surface area contributed by atoms with Crippen LogP contribution in [0.2, 0.25) is 5.15 Å². The number of benzene rings is 1. The average Bonchev–Trinajstić information content (AvgIpc) is 2.28. The summed E-state index contributed by atoms with van der Waals surface area (Å²) in [6.07, 6.45) is 1.31. The number of hydrogen-bond donors (Lipinski definition) is 1. The van der Waals surface area contributed by atoms with Crippen molar-refractivity contribution in [2.75, 3.05) is 0 Å². The highest BCUT2D eigenvalue weighted by Crippen LogP contribution is 2.29. The molecule has 0 fully saturated rings. The molecular weight excluding hydrogens is 262 g/mol. The molecule has 1 amide bonds. The van der Waals surface area contributed by atoms with E-state index in [1.165, 1.54) is 18.3 Å². The number of pyridine rings is 1. The monoisotopic (exact) mass is 268 g/mol. The van der Waals surface area contributed by atoms with Crippen LogP contribution < -0.4 is 5.73 Å². The molecule has 1 aromatic heterocycles. The maximum Gasteiger partial charge on any atom is 0.252 e. The lowest BCUT2D eigenvalue weighted by Gasteiger charge is -2.08. The topological polar surface area (TPSA) is 56.0 Å². The SMILES string of the molecule is NC(=O)c1c(-c2ccc(F)cc2F)ccnc1Cl. The summed E-state index contributed by atoms with van der Waals surface area (Å²) in [4.78, 5) is 15.0. The molecule has 0 radical (unpaired) electrons. The van der Waals surface area contributed by atoms with Crippen LogP contribution in [0, 0.1) is 11.6 Å². The number of nitrogens with zero attached hydrogens (tertiary/aromatic N) is 1. The van der Waals surface area contributed by atoms with Crippen LogP contribution in [0.25, 0.3) is 11.1 Å². The standard InChI is InChI=1S/C12H7ClF2N2O/c13-11-10(12(16)18)8(3-4-17-11)7-2-1-6(14)5-9(7)15/h1-5H,(H2,16,18). The second-order valence-electron chi connectivity index (χ2n) is 3.51. The Balaban J connectivity index is 2.71. The maximum atomic E-state index is 13.7. The van der Waals surface area contributed by atoms with Crippen molar-refractivity contribution in [3.63, 3.8) is 0 Å². The summed E-state index contributed by atoms with van der Waals surface area (Å²) in [5.41, 5.74) is 5.30. The van der Waals surface area contributed by atoms with Crippen LogP contribution in [0.5, 0.6) is 0 Å². The molecule has 0 unspecified atom stereocenters. The van der Waals surface area contributed by atoms with Gasteiger partial charge < -0.3 is 5.73 Å². The summed E-state index contributed by atoms with van der Waals surface area (Å²) in [6, 6.07) is 4.40. The summed E-state index contributed by atoms with van der Waals surface area (Å²) in [7, 11) is 0. The highest BCUT2D eigenvalue weighted by Gasteiger charge is 2.17. The molecule has 2 rings (SSSR count). The third kappa shape index (κ3) is 2.17. The third-order valence-corrected chi connectivity index (χ3v) is 2.66. The Bertz CT molecular complexity index is 631. The number of halogens is 3. The lowest BCUT2D eigenvalue weighted by Crippen LogP contribution is -2.14. The van der Waals surface area contributed by atoms with Gasteiger partial charge in [-0.05, 0) is 18.2 Å². The van der Waals surface area contributed by atoms with Gasteiger partial charge in [0.15, 0.2) is 0 Å². The normalized spacial score (nSPS) is 10.4. The van der Waals surface area contributed by atoms with Crippen LogP contribution in [0.4, 0.5) is 8.78 Å². The average molecular weight is 269 g/mol. The Kier molecular flexibility index (Phi) is 3.25. The molecule has 0 spiro atoms. The smallest absolute Gasteiger partial charge is 0.252 e. The van der Waals surface area contributed by atoms with Gasteiger partial charge >= 0.3 is 0 Å². The van der Waals surface area contributed by atoms with Crippen LogP contribution in [-0.2, 0) is 0 Å². The molecule has 0 saturated carbocycles. The van der Waals surface area contributed by atoms with Gasteiger partial charge in [-0.15, -0.1) is 0 Å². The highest BCUT2D eigenvalue weighted by molar-refractivity contribution is 6.33. The van der Waals surface area contributed by atoms with Crippen molar-refractivity contribution in [3.8, 4) is 11.1 Å². The van der Waals surface area contributed by atoms with E-state index in [9.17, 15) is 13.6 Å². The second-order valence-corrected chi connectivity index (χ2v) is 3.87. The number of amides is 1. The zero-order valence-corrected chi connectivity index (χ0v) is 9.71. The summed E-state index contributed by atoms with van der Waals surface area (Å²) in [6.45, 7) is 0. The molecule has 0 saturated heterocycles. The number of nitrogens with two attached hydrogens (primary N) is 1. The molecule has 2 aromatic rings. The number of hydrogen-bond acceptors (Lipinski definition) is 2. The van der Waals surface area contributed by atoms with Crippen LogP contribution in [0.3, 0.4) is 0 Å². The molecule has 2 N–H and O–H groups in total. The largest absolute Gasteiger partial charge is 0.365 e. The molecule has 0 aliphatic rings. The fraction of sp³-hybridized carbons (Fsp3) is 0. The van der Waals surface area contributed by atoms with Gasteiger partial charge in [0.1, 0.15) is 16.8 Å². The molecular formula is C12H7ClF2N2O. The van der Waals surface area contributed by atoms with E-state index >= 15 is 0 Å². The molecule has 92 valence electrons. The zero-order valence-electron chi connectivity index (χ0n) is 8.95. The minimum Gasteiger partial charge on any atom is -0.365 e. The predicted molar refractivity (Wildman–Crippen MR) is 63.1 cm³/mol. The first-order valence-corrected chi connectivity index (χ1v) is 5.28. The van der Waals surface area contributed by atoms with Crippen molar-refractivity contribution < 1.29 is 13.6 Å². The molecule has 3 nitrogen and oxygen atoms in total. The van der Waals surface area contributed by atoms with E-state index < -0.39 is 17.5 Å². The molecule has 0 aliphatic carbocycles. The van der Waals surface area contributed by atoms with E-state index in [0.717, 1.165) is 6.07 Å². The Labute approximate surface area is 106 Å². The van der Waals surface area contributed by atoms with Gasteiger partial charge in [-0.3, -0.25) is 4.79 Å². The van der Waals surface area contributed by atoms with E-state index in [1.807, 2.05) is 0 Å². The van der Waals surface area contributed by atoms with Crippen molar-refractivity contribution in [1.29, 1.82) is 0 Å². The van der Waals surface area contributed by atoms with Crippen LogP contribution >= 0.6 is 11.6 Å². The van der Waals surface area contributed by atoms with Crippen molar-refractivity contribution in [2.45, 2.75) is 0 Å². The van der Waals surface area contributed by atoms with E-state index in [-0.39, 0.29) is 21.8 Å². The molecule has 0 atom stereocenters. The molecule has 18 heavy (non-hydrogen) atoms. The van der Waals surface area contributed by atoms with Crippen molar-refractivity contribution in [3.05, 3.63) is 52.8 Å². The lowest BCUT2D eigenvalue weighted by atomic mass is 10.0. The lowest BCUT2D eigenvalue weighted by molar-refractivity contribution is 0.100. The molecule has 6 heteroatoms. The number of carbonyl (C=O) groups excluding carboxylic acids is 1. The fourth-order valence-corrected chi connectivity index (χ4v) is 1.85. The first kappa shape index (κ1) is 12.4. The van der Waals surface area contributed by atoms with Gasteiger partial charge in [-0.25, -0.2) is 13.8 Å². The molecule has 1 heterocycles. The number of rotatable bonds is 2. The second kappa shape index (κ2) is 4.70. The molecule has 1 aromatic carbocycles. The highest BCUT2D eigenvalue weighted by atomic mass is 35.5. The Morgan fingerprint density at radius 2 is 1.94 bits per heavy atom. The number of carbonyl (C=O) groups is 1. The van der Waals surface area contributed by atoms with Crippen molar-refractivity contribution >= 4 is 17.5 Å². The van der Waals surface area contributed by atoms with Crippen LogP contribution in [-0.4, -0.2) is 10.9 Å². The minimum absolute atomic E-state index is 0.0366. The van der Waals surface area contributed by atoms with E-state index in [1.54, 1.807) is 0 Å². The Morgan fingerprint density at radius 3 is 2.56 bits per heavy atom. The first-order chi connectivity index (χ1) is 8.50. The summed E-state index contributed by atoms with van der Waals surface area (Å²) >= 11 is 5.75. The van der Waals surface area contributed by atoms with Gasteiger partial charge in [0.2, 0.25) is 0 Å². The first-order valence-electron chi connectivity index (χ1n) is 4.90. The van der Waals surface area contributed by atoms with Crippen LogP contribution in [0.15, 0.2) is 30.5 Å². The zero-order chi connectivity index (χ0) is 13.3. The van der Waals surface area contributed by atoms with E-state index in [2.05, 4.69) is 4.98 Å². The summed E-state index contributed by atoms with van der Waals surface area (Å²) in [5, 5.41) is -0.122. The summed E-state index contributed by atoms with van der Waals surface area (Å²) in [5.74, 6) is -2.34. The predicted octanol–water partition coefficient (Wildman–Crippen LogP) is 2.78. The van der Waals surface area contributed by atoms with Gasteiger partial charge in [0.25, 0.3) is 5.91 Å². The van der Waals surface area contributed by atoms with E-state index in [4.69, 9.17) is 17.3 Å². The van der Waals surface area contributed by atoms with Crippen molar-refractivity contribution in [1.82, 2.24) is 4.98 Å². The van der Waals surface area contributed by atoms with Gasteiger partial charge in [-0.1, -0.05) is 11.6 Å². The fourth-order valence-electron chi connectivity index (χ4n) is 1.60. The van der Waals surface area contributed by atoms with Gasteiger partial charge in [0, 0.05) is 23.4 Å². The summed E-state index contributed by atoms with van der Waals surface area (Å²) < 4.78 is 26.5. The molecule has 0 bridgehead atoms. The Morgan fingerprint density at radius 1 is 1.22 bits per heavy atom.